The van der Waals surface area contributed by atoms with Gasteiger partial charge in [0.15, 0.2) is 0 Å². The summed E-state index contributed by atoms with van der Waals surface area (Å²) in [5.41, 5.74) is 0.534. The van der Waals surface area contributed by atoms with Crippen molar-refractivity contribution < 1.29 is 9.59 Å². The number of amides is 2. The lowest BCUT2D eigenvalue weighted by Crippen LogP contribution is -2.50. The number of piperazine rings is 1. The SMILES string of the molecule is CC(C)n1cc(C(=O)NCC2CCCCC2)c(=O)c(C(=O)N2CCN(c3ccccc3Cl)CC2)c1. The predicted octanol–water partition coefficient (Wildman–Crippen LogP) is 4.36. The van der Waals surface area contributed by atoms with Crippen molar-refractivity contribution in [1.82, 2.24) is 14.8 Å². The first-order valence-corrected chi connectivity index (χ1v) is 13.1. The van der Waals surface area contributed by atoms with Crippen molar-refractivity contribution in [2.45, 2.75) is 52.0 Å². The van der Waals surface area contributed by atoms with Crippen LogP contribution in [0.2, 0.25) is 5.02 Å². The van der Waals surface area contributed by atoms with Crippen LogP contribution in [0.5, 0.6) is 0 Å². The summed E-state index contributed by atoms with van der Waals surface area (Å²) >= 11 is 6.34. The molecule has 1 N–H and O–H groups in total. The third kappa shape index (κ3) is 5.89. The van der Waals surface area contributed by atoms with Gasteiger partial charge in [0.1, 0.15) is 11.1 Å². The number of nitrogens with zero attached hydrogens (tertiary/aromatic N) is 3. The first-order chi connectivity index (χ1) is 16.8. The Bertz CT molecular complexity index is 1120. The number of anilines is 1. The van der Waals surface area contributed by atoms with E-state index in [4.69, 9.17) is 11.6 Å². The third-order valence-electron chi connectivity index (χ3n) is 7.15. The minimum absolute atomic E-state index is 0.00381. The van der Waals surface area contributed by atoms with Crippen molar-refractivity contribution in [2.24, 2.45) is 5.92 Å². The van der Waals surface area contributed by atoms with Crippen LogP contribution >= 0.6 is 11.6 Å². The van der Waals surface area contributed by atoms with Gasteiger partial charge in [-0.05, 0) is 44.7 Å². The normalized spacial score (nSPS) is 17.0. The predicted molar refractivity (Wildman–Crippen MR) is 140 cm³/mol. The van der Waals surface area contributed by atoms with Gasteiger partial charge in [-0.3, -0.25) is 14.4 Å². The van der Waals surface area contributed by atoms with E-state index in [1.54, 1.807) is 21.9 Å². The lowest BCUT2D eigenvalue weighted by molar-refractivity contribution is 0.0744. The zero-order valence-electron chi connectivity index (χ0n) is 20.6. The van der Waals surface area contributed by atoms with Crippen LogP contribution in [0, 0.1) is 5.92 Å². The molecule has 35 heavy (non-hydrogen) atoms. The van der Waals surface area contributed by atoms with E-state index in [-0.39, 0.29) is 23.1 Å². The van der Waals surface area contributed by atoms with Gasteiger partial charge in [0.25, 0.3) is 11.8 Å². The Morgan fingerprint density at radius 2 is 1.66 bits per heavy atom. The summed E-state index contributed by atoms with van der Waals surface area (Å²) in [5.74, 6) is -0.266. The molecule has 1 saturated heterocycles. The van der Waals surface area contributed by atoms with E-state index in [0.717, 1.165) is 18.5 Å². The molecule has 0 radical (unpaired) electrons. The van der Waals surface area contributed by atoms with Gasteiger partial charge < -0.3 is 19.7 Å². The molecule has 2 aromatic rings. The molecule has 4 rings (SSSR count). The topological polar surface area (TPSA) is 74.6 Å². The quantitative estimate of drug-likeness (QED) is 0.642. The van der Waals surface area contributed by atoms with Crippen LogP contribution in [-0.2, 0) is 0 Å². The van der Waals surface area contributed by atoms with Crippen LogP contribution in [0.3, 0.4) is 0 Å². The van der Waals surface area contributed by atoms with Gasteiger partial charge in [0.2, 0.25) is 5.43 Å². The van der Waals surface area contributed by atoms with Crippen molar-refractivity contribution >= 4 is 29.1 Å². The first-order valence-electron chi connectivity index (χ1n) is 12.7. The van der Waals surface area contributed by atoms with Gasteiger partial charge in [-0.25, -0.2) is 0 Å². The average molecular weight is 499 g/mol. The van der Waals surface area contributed by atoms with Gasteiger partial charge in [-0.2, -0.15) is 0 Å². The number of nitrogens with one attached hydrogen (secondary N) is 1. The molecule has 1 aliphatic heterocycles. The van der Waals surface area contributed by atoms with Gasteiger partial charge in [0, 0.05) is 51.2 Å². The fourth-order valence-electron chi connectivity index (χ4n) is 4.96. The number of aromatic nitrogens is 1. The first kappa shape index (κ1) is 25.3. The number of para-hydroxylation sites is 1. The van der Waals surface area contributed by atoms with E-state index in [2.05, 4.69) is 10.2 Å². The molecule has 2 fully saturated rings. The zero-order valence-corrected chi connectivity index (χ0v) is 21.4. The molecular formula is C27H35ClN4O3. The van der Waals surface area contributed by atoms with E-state index in [9.17, 15) is 14.4 Å². The Morgan fingerprint density at radius 1 is 1.00 bits per heavy atom. The van der Waals surface area contributed by atoms with Crippen molar-refractivity contribution in [2.75, 3.05) is 37.6 Å². The molecule has 0 bridgehead atoms. The van der Waals surface area contributed by atoms with Gasteiger partial charge >= 0.3 is 0 Å². The number of hydrogen-bond acceptors (Lipinski definition) is 4. The highest BCUT2D eigenvalue weighted by Crippen LogP contribution is 2.26. The standard InChI is InChI=1S/C27H35ClN4O3/c1-19(2)32-17-21(26(34)29-16-20-8-4-3-5-9-20)25(33)22(18-32)27(35)31-14-12-30(13-15-31)24-11-7-6-10-23(24)28/h6-7,10-11,17-20H,3-5,8-9,12-16H2,1-2H3,(H,29,34). The fourth-order valence-corrected chi connectivity index (χ4v) is 5.22. The molecule has 2 amide bonds. The summed E-state index contributed by atoms with van der Waals surface area (Å²) in [6.07, 6.45) is 9.01. The minimum Gasteiger partial charge on any atom is -0.367 e. The highest BCUT2D eigenvalue weighted by atomic mass is 35.5. The fraction of sp³-hybridized carbons (Fsp3) is 0.519. The Morgan fingerprint density at radius 3 is 2.31 bits per heavy atom. The zero-order chi connectivity index (χ0) is 24.9. The lowest BCUT2D eigenvalue weighted by atomic mass is 9.89. The molecule has 1 aromatic carbocycles. The van der Waals surface area contributed by atoms with Crippen LogP contribution in [0.1, 0.15) is 72.7 Å². The summed E-state index contributed by atoms with van der Waals surface area (Å²) in [5, 5.41) is 3.63. The average Bonchev–Trinajstić information content (AvgIpc) is 2.88. The van der Waals surface area contributed by atoms with Crippen LogP contribution in [0.15, 0.2) is 41.5 Å². The van der Waals surface area contributed by atoms with E-state index in [1.165, 1.54) is 19.3 Å². The summed E-state index contributed by atoms with van der Waals surface area (Å²) in [6, 6.07) is 7.66. The molecule has 188 valence electrons. The smallest absolute Gasteiger partial charge is 0.259 e. The van der Waals surface area contributed by atoms with Crippen LogP contribution in [-0.4, -0.2) is 54.0 Å². The molecule has 2 heterocycles. The second-order valence-corrected chi connectivity index (χ2v) is 10.3. The second kappa shape index (κ2) is 11.3. The van der Waals surface area contributed by atoms with Crippen LogP contribution in [0.4, 0.5) is 5.69 Å². The molecule has 8 heteroatoms. The number of carbonyl (C=O) groups excluding carboxylic acids is 2. The molecule has 0 spiro atoms. The molecule has 0 atom stereocenters. The van der Waals surface area contributed by atoms with Crippen molar-refractivity contribution in [3.05, 3.63) is 63.0 Å². The molecule has 7 nitrogen and oxygen atoms in total. The third-order valence-corrected chi connectivity index (χ3v) is 7.47. The van der Waals surface area contributed by atoms with Crippen LogP contribution in [0.25, 0.3) is 0 Å². The van der Waals surface area contributed by atoms with Crippen molar-refractivity contribution in [3.8, 4) is 0 Å². The van der Waals surface area contributed by atoms with Gasteiger partial charge in [0.05, 0.1) is 10.7 Å². The second-order valence-electron chi connectivity index (χ2n) is 9.90. The molecule has 2 aliphatic rings. The Labute approximate surface area is 212 Å². The van der Waals surface area contributed by atoms with E-state index >= 15 is 0 Å². The highest BCUT2D eigenvalue weighted by Gasteiger charge is 2.27. The maximum atomic E-state index is 13.4. The van der Waals surface area contributed by atoms with Gasteiger partial charge in [-0.15, -0.1) is 0 Å². The molecular weight excluding hydrogens is 464 g/mol. The number of carbonyl (C=O) groups is 2. The van der Waals surface area contributed by atoms with E-state index < -0.39 is 11.3 Å². The van der Waals surface area contributed by atoms with E-state index in [0.29, 0.717) is 43.7 Å². The highest BCUT2D eigenvalue weighted by molar-refractivity contribution is 6.33. The lowest BCUT2D eigenvalue weighted by Gasteiger charge is -2.36. The maximum Gasteiger partial charge on any atom is 0.259 e. The molecule has 1 aliphatic carbocycles. The molecule has 1 saturated carbocycles. The number of hydrogen-bond donors (Lipinski definition) is 1. The Kier molecular flexibility index (Phi) is 8.16. The minimum atomic E-state index is -0.499. The van der Waals surface area contributed by atoms with Gasteiger partial charge in [-0.1, -0.05) is 43.0 Å². The summed E-state index contributed by atoms with van der Waals surface area (Å²) < 4.78 is 1.78. The largest absolute Gasteiger partial charge is 0.367 e. The number of halogens is 1. The monoisotopic (exact) mass is 498 g/mol. The molecule has 1 aromatic heterocycles. The Hall–Kier alpha value is -2.80. The number of rotatable bonds is 6. The van der Waals surface area contributed by atoms with Crippen LogP contribution < -0.4 is 15.6 Å². The van der Waals surface area contributed by atoms with E-state index in [1.807, 2.05) is 38.1 Å². The number of pyridine rings is 1. The van der Waals surface area contributed by atoms with Crippen molar-refractivity contribution in [3.63, 3.8) is 0 Å². The summed E-state index contributed by atoms with van der Waals surface area (Å²) in [4.78, 5) is 43.6. The number of benzene rings is 1. The molecule has 0 unspecified atom stereocenters. The Balaban J connectivity index is 1.50. The maximum absolute atomic E-state index is 13.4. The van der Waals surface area contributed by atoms with Crippen molar-refractivity contribution in [1.29, 1.82) is 0 Å². The summed E-state index contributed by atoms with van der Waals surface area (Å²) in [7, 11) is 0. The summed E-state index contributed by atoms with van der Waals surface area (Å²) in [6.45, 7) is 6.69.